The summed E-state index contributed by atoms with van der Waals surface area (Å²) in [6.07, 6.45) is -1.23. The highest BCUT2D eigenvalue weighted by Gasteiger charge is 2.48. The van der Waals surface area contributed by atoms with Crippen LogP contribution in [0.1, 0.15) is 11.1 Å². The molecule has 3 rings (SSSR count). The third-order valence-corrected chi connectivity index (χ3v) is 4.98. The van der Waals surface area contributed by atoms with E-state index in [1.165, 1.54) is 0 Å². The molecule has 0 spiro atoms. The van der Waals surface area contributed by atoms with Crippen molar-refractivity contribution in [1.82, 2.24) is 0 Å². The third kappa shape index (κ3) is 5.98. The molecule has 1 N–H and O–H groups in total. The van der Waals surface area contributed by atoms with Crippen LogP contribution in [0.25, 0.3) is 0 Å². The van der Waals surface area contributed by atoms with Crippen LogP contribution in [0, 0.1) is 0 Å². The van der Waals surface area contributed by atoms with Gasteiger partial charge in [-0.15, -0.1) is 6.58 Å². The van der Waals surface area contributed by atoms with E-state index in [-0.39, 0.29) is 6.61 Å². The second-order valence-corrected chi connectivity index (χ2v) is 7.07. The van der Waals surface area contributed by atoms with Gasteiger partial charge in [0.2, 0.25) is 0 Å². The molecule has 6 heteroatoms. The van der Waals surface area contributed by atoms with E-state index >= 15 is 0 Å². The Hall–Kier alpha value is -2.06. The summed E-state index contributed by atoms with van der Waals surface area (Å²) in [5.41, 5.74) is 2.05. The largest absolute Gasteiger partial charge is 0.394 e. The molecular formula is C24H30O6. The van der Waals surface area contributed by atoms with Gasteiger partial charge in [0, 0.05) is 7.11 Å². The summed E-state index contributed by atoms with van der Waals surface area (Å²) in [6.45, 7) is 4.55. The van der Waals surface area contributed by atoms with E-state index in [4.69, 9.17) is 23.7 Å². The van der Waals surface area contributed by atoms with Gasteiger partial charge in [-0.05, 0) is 11.1 Å². The topological polar surface area (TPSA) is 66.4 Å². The summed E-state index contributed by atoms with van der Waals surface area (Å²) < 4.78 is 29.9. The number of hydrogen-bond donors (Lipinski definition) is 1. The standard InChI is InChI=1S/C24H30O6/c1-3-14-27-23-22(29-17-19-12-8-5-9-13-19)21(20(15-25)30-24(23)26-2)28-16-18-10-6-4-7-11-18/h3-13,20-25H,1,14-17H2,2H3/t20?,21-,22+,23-,24+/m1/s1. The first-order chi connectivity index (χ1) is 14.8. The summed E-state index contributed by atoms with van der Waals surface area (Å²) in [7, 11) is 1.54. The Bertz CT molecular complexity index is 738. The number of methoxy groups -OCH3 is 1. The zero-order valence-electron chi connectivity index (χ0n) is 17.3. The Labute approximate surface area is 178 Å². The van der Waals surface area contributed by atoms with Gasteiger partial charge in [0.15, 0.2) is 6.29 Å². The minimum absolute atomic E-state index is 0.224. The SMILES string of the molecule is C=CCO[C@H]1[C@@H](OC)OC(CO)[C@@H](OCc2ccccc2)[C@@H]1OCc1ccccc1. The molecule has 1 fully saturated rings. The van der Waals surface area contributed by atoms with Crippen LogP contribution in [-0.4, -0.2) is 56.1 Å². The van der Waals surface area contributed by atoms with Gasteiger partial charge in [-0.1, -0.05) is 66.7 Å². The molecule has 0 amide bonds. The first-order valence-electron chi connectivity index (χ1n) is 10.1. The van der Waals surface area contributed by atoms with Crippen molar-refractivity contribution < 1.29 is 28.8 Å². The fourth-order valence-corrected chi connectivity index (χ4v) is 3.49. The number of aliphatic hydroxyl groups excluding tert-OH is 1. The van der Waals surface area contributed by atoms with E-state index in [1.807, 2.05) is 60.7 Å². The van der Waals surface area contributed by atoms with Gasteiger partial charge in [0.05, 0.1) is 26.4 Å². The lowest BCUT2D eigenvalue weighted by Crippen LogP contribution is -2.61. The average Bonchev–Trinajstić information content (AvgIpc) is 2.81. The third-order valence-electron chi connectivity index (χ3n) is 4.98. The van der Waals surface area contributed by atoms with Crippen LogP contribution < -0.4 is 0 Å². The van der Waals surface area contributed by atoms with Crippen molar-refractivity contribution in [2.45, 2.75) is 43.9 Å². The first-order valence-corrected chi connectivity index (χ1v) is 10.1. The first kappa shape index (κ1) is 22.6. The summed E-state index contributed by atoms with van der Waals surface area (Å²) >= 11 is 0. The fourth-order valence-electron chi connectivity index (χ4n) is 3.49. The fraction of sp³-hybridized carbons (Fsp3) is 0.417. The van der Waals surface area contributed by atoms with Crippen LogP contribution in [0.3, 0.4) is 0 Å². The highest BCUT2D eigenvalue weighted by Crippen LogP contribution is 2.30. The number of hydrogen-bond acceptors (Lipinski definition) is 6. The summed E-state index contributed by atoms with van der Waals surface area (Å²) in [6, 6.07) is 19.7. The normalized spacial score (nSPS) is 26.4. The maximum absolute atomic E-state index is 9.96. The van der Waals surface area contributed by atoms with E-state index in [2.05, 4.69) is 6.58 Å². The van der Waals surface area contributed by atoms with Gasteiger partial charge in [-0.3, -0.25) is 0 Å². The van der Waals surface area contributed by atoms with Crippen LogP contribution >= 0.6 is 0 Å². The van der Waals surface area contributed by atoms with Gasteiger partial charge in [0.1, 0.15) is 24.4 Å². The van der Waals surface area contributed by atoms with E-state index in [0.29, 0.717) is 19.8 Å². The molecule has 1 saturated heterocycles. The Morgan fingerprint density at radius 3 is 1.93 bits per heavy atom. The van der Waals surface area contributed by atoms with E-state index in [1.54, 1.807) is 13.2 Å². The molecule has 0 aliphatic carbocycles. The number of rotatable bonds is 11. The lowest BCUT2D eigenvalue weighted by molar-refractivity contribution is -0.318. The maximum atomic E-state index is 9.96. The second-order valence-electron chi connectivity index (χ2n) is 7.07. The van der Waals surface area contributed by atoms with Crippen molar-refractivity contribution >= 4 is 0 Å². The number of ether oxygens (including phenoxy) is 5. The maximum Gasteiger partial charge on any atom is 0.186 e. The predicted octanol–water partition coefficient (Wildman–Crippen LogP) is 3.09. The molecule has 30 heavy (non-hydrogen) atoms. The van der Waals surface area contributed by atoms with E-state index < -0.39 is 30.7 Å². The summed E-state index contributed by atoms with van der Waals surface area (Å²) in [4.78, 5) is 0. The molecule has 0 saturated carbocycles. The van der Waals surface area contributed by atoms with Gasteiger partial charge < -0.3 is 28.8 Å². The molecule has 0 radical (unpaired) electrons. The smallest absolute Gasteiger partial charge is 0.186 e. The molecule has 1 aliphatic rings. The Balaban J connectivity index is 1.81. The van der Waals surface area contributed by atoms with Gasteiger partial charge in [-0.2, -0.15) is 0 Å². The quantitative estimate of drug-likeness (QED) is 0.570. The molecule has 2 aromatic rings. The van der Waals surface area contributed by atoms with Crippen molar-refractivity contribution in [3.05, 3.63) is 84.4 Å². The zero-order chi connectivity index (χ0) is 21.2. The highest BCUT2D eigenvalue weighted by atomic mass is 16.7. The number of aliphatic hydroxyl groups is 1. The summed E-state index contributed by atoms with van der Waals surface area (Å²) in [5, 5.41) is 9.96. The van der Waals surface area contributed by atoms with E-state index in [9.17, 15) is 5.11 Å². The van der Waals surface area contributed by atoms with Gasteiger partial charge >= 0.3 is 0 Å². The van der Waals surface area contributed by atoms with Gasteiger partial charge in [-0.25, -0.2) is 0 Å². The monoisotopic (exact) mass is 414 g/mol. The predicted molar refractivity (Wildman–Crippen MR) is 113 cm³/mol. The van der Waals surface area contributed by atoms with Crippen LogP contribution in [-0.2, 0) is 36.9 Å². The molecule has 162 valence electrons. The molecule has 2 aromatic carbocycles. The van der Waals surface area contributed by atoms with Crippen molar-refractivity contribution in [2.75, 3.05) is 20.3 Å². The molecule has 5 atom stereocenters. The minimum atomic E-state index is -0.695. The molecular weight excluding hydrogens is 384 g/mol. The van der Waals surface area contributed by atoms with Crippen LogP contribution in [0.4, 0.5) is 0 Å². The zero-order valence-corrected chi connectivity index (χ0v) is 17.3. The van der Waals surface area contributed by atoms with Crippen molar-refractivity contribution in [3.63, 3.8) is 0 Å². The summed E-state index contributed by atoms with van der Waals surface area (Å²) in [5.74, 6) is 0. The van der Waals surface area contributed by atoms with Gasteiger partial charge in [0.25, 0.3) is 0 Å². The Morgan fingerprint density at radius 1 is 0.867 bits per heavy atom. The van der Waals surface area contributed by atoms with Crippen LogP contribution in [0.2, 0.25) is 0 Å². The average molecular weight is 414 g/mol. The van der Waals surface area contributed by atoms with E-state index in [0.717, 1.165) is 11.1 Å². The highest BCUT2D eigenvalue weighted by molar-refractivity contribution is 5.14. The van der Waals surface area contributed by atoms with Crippen molar-refractivity contribution in [2.24, 2.45) is 0 Å². The molecule has 1 aliphatic heterocycles. The number of benzene rings is 2. The van der Waals surface area contributed by atoms with Crippen molar-refractivity contribution in [1.29, 1.82) is 0 Å². The minimum Gasteiger partial charge on any atom is -0.394 e. The van der Waals surface area contributed by atoms with Crippen molar-refractivity contribution in [3.8, 4) is 0 Å². The van der Waals surface area contributed by atoms with Crippen LogP contribution in [0.15, 0.2) is 73.3 Å². The lowest BCUT2D eigenvalue weighted by atomic mass is 9.98. The van der Waals surface area contributed by atoms with Crippen LogP contribution in [0.5, 0.6) is 0 Å². The Morgan fingerprint density at radius 2 is 1.43 bits per heavy atom. The molecule has 1 unspecified atom stereocenters. The molecule has 0 bridgehead atoms. The molecule has 6 nitrogen and oxygen atoms in total. The lowest BCUT2D eigenvalue weighted by Gasteiger charge is -2.45. The molecule has 0 aromatic heterocycles. The Kier molecular flexibility index (Phi) is 9.01. The molecule has 1 heterocycles. The second kappa shape index (κ2) is 12.0.